The van der Waals surface area contributed by atoms with Crippen LogP contribution in [0.4, 0.5) is 4.79 Å². The first-order chi connectivity index (χ1) is 12.7. The molecule has 0 unspecified atom stereocenters. The molecule has 154 valence electrons. The third-order valence-electron chi connectivity index (χ3n) is 4.67. The van der Waals surface area contributed by atoms with Gasteiger partial charge in [-0.05, 0) is 38.0 Å². The van der Waals surface area contributed by atoms with Crippen molar-refractivity contribution in [3.8, 4) is 0 Å². The summed E-state index contributed by atoms with van der Waals surface area (Å²) in [6.07, 6.45) is 3.50. The molecule has 1 rings (SSSR count). The number of rotatable bonds is 11. The fourth-order valence-electron chi connectivity index (χ4n) is 3.24. The highest BCUT2D eigenvalue weighted by Gasteiger charge is 2.29. The first-order valence-electron chi connectivity index (χ1n) is 9.57. The van der Waals surface area contributed by atoms with Crippen molar-refractivity contribution < 1.29 is 24.3 Å². The number of carbonyl (C=O) groups is 4. The zero-order valence-electron chi connectivity index (χ0n) is 16.1. The van der Waals surface area contributed by atoms with E-state index in [0.717, 1.165) is 25.7 Å². The summed E-state index contributed by atoms with van der Waals surface area (Å²) in [4.78, 5) is 47.2. The summed E-state index contributed by atoms with van der Waals surface area (Å²) in [5.74, 6) is -1.20. The van der Waals surface area contributed by atoms with Gasteiger partial charge in [-0.3, -0.25) is 14.4 Å². The largest absolute Gasteiger partial charge is 0.465 e. The molecule has 0 aromatic heterocycles. The van der Waals surface area contributed by atoms with Crippen molar-refractivity contribution in [3.63, 3.8) is 0 Å². The van der Waals surface area contributed by atoms with E-state index in [0.29, 0.717) is 12.8 Å². The zero-order chi connectivity index (χ0) is 20.4. The van der Waals surface area contributed by atoms with Gasteiger partial charge in [-0.1, -0.05) is 26.7 Å². The predicted octanol–water partition coefficient (Wildman–Crippen LogP) is 0.725. The predicted molar refractivity (Wildman–Crippen MR) is 99.7 cm³/mol. The van der Waals surface area contributed by atoms with Crippen LogP contribution in [0.2, 0.25) is 0 Å². The van der Waals surface area contributed by atoms with Crippen molar-refractivity contribution in [1.82, 2.24) is 16.0 Å². The zero-order valence-corrected chi connectivity index (χ0v) is 16.1. The average Bonchev–Trinajstić information content (AvgIpc) is 3.10. The lowest BCUT2D eigenvalue weighted by Gasteiger charge is -2.24. The Morgan fingerprint density at radius 2 is 1.70 bits per heavy atom. The lowest BCUT2D eigenvalue weighted by molar-refractivity contribution is -0.133. The number of carbonyl (C=O) groups excluding carboxylic acids is 3. The molecule has 0 radical (unpaired) electrons. The van der Waals surface area contributed by atoms with Gasteiger partial charge in [0.2, 0.25) is 17.7 Å². The summed E-state index contributed by atoms with van der Waals surface area (Å²) < 4.78 is 0. The highest BCUT2D eigenvalue weighted by atomic mass is 16.4. The summed E-state index contributed by atoms with van der Waals surface area (Å²) in [6, 6.07) is -1.64. The number of amides is 4. The normalized spacial score (nSPS) is 16.6. The molecule has 1 saturated carbocycles. The number of nitrogens with one attached hydrogen (secondary N) is 3. The van der Waals surface area contributed by atoms with Gasteiger partial charge in [0.1, 0.15) is 12.1 Å². The second-order valence-corrected chi connectivity index (χ2v) is 7.51. The maximum Gasteiger partial charge on any atom is 0.404 e. The van der Waals surface area contributed by atoms with E-state index in [-0.39, 0.29) is 30.7 Å². The highest BCUT2D eigenvalue weighted by molar-refractivity contribution is 5.92. The van der Waals surface area contributed by atoms with Crippen molar-refractivity contribution in [2.45, 2.75) is 70.9 Å². The Kier molecular flexibility index (Phi) is 9.60. The van der Waals surface area contributed by atoms with Crippen LogP contribution in [0, 0.1) is 11.8 Å². The summed E-state index contributed by atoms with van der Waals surface area (Å²) in [7, 11) is 0. The minimum absolute atomic E-state index is 0.0972. The summed E-state index contributed by atoms with van der Waals surface area (Å²) in [5.41, 5.74) is 5.37. The molecule has 0 aliphatic heterocycles. The Morgan fingerprint density at radius 1 is 1.07 bits per heavy atom. The Hall–Kier alpha value is -2.32. The Morgan fingerprint density at radius 3 is 2.22 bits per heavy atom. The van der Waals surface area contributed by atoms with Crippen LogP contribution >= 0.6 is 0 Å². The number of hydrogen-bond acceptors (Lipinski definition) is 4. The molecule has 27 heavy (non-hydrogen) atoms. The van der Waals surface area contributed by atoms with Gasteiger partial charge in [-0.15, -0.1) is 0 Å². The smallest absolute Gasteiger partial charge is 0.404 e. The van der Waals surface area contributed by atoms with Gasteiger partial charge in [0, 0.05) is 12.5 Å². The van der Waals surface area contributed by atoms with E-state index < -0.39 is 30.0 Å². The van der Waals surface area contributed by atoms with Crippen molar-refractivity contribution >= 4 is 23.8 Å². The Bertz CT molecular complexity index is 532. The number of carboxylic acid groups (broad SMARTS) is 1. The molecule has 4 amide bonds. The van der Waals surface area contributed by atoms with Gasteiger partial charge in [-0.25, -0.2) is 4.79 Å². The van der Waals surface area contributed by atoms with Crippen LogP contribution < -0.4 is 21.7 Å². The van der Waals surface area contributed by atoms with Crippen LogP contribution in [0.1, 0.15) is 58.8 Å². The lowest BCUT2D eigenvalue weighted by Crippen LogP contribution is -2.54. The molecule has 9 nitrogen and oxygen atoms in total. The molecule has 9 heteroatoms. The Labute approximate surface area is 159 Å². The highest BCUT2D eigenvalue weighted by Crippen LogP contribution is 2.24. The maximum absolute atomic E-state index is 12.6. The summed E-state index contributed by atoms with van der Waals surface area (Å²) in [6.45, 7) is 4.00. The van der Waals surface area contributed by atoms with E-state index >= 15 is 0 Å². The van der Waals surface area contributed by atoms with E-state index in [4.69, 9.17) is 10.8 Å². The van der Waals surface area contributed by atoms with Crippen molar-refractivity contribution in [2.24, 2.45) is 17.6 Å². The second kappa shape index (κ2) is 11.4. The van der Waals surface area contributed by atoms with E-state index in [1.54, 1.807) is 0 Å². The molecule has 2 atom stereocenters. The number of hydrogen-bond donors (Lipinski definition) is 5. The molecular formula is C18H32N4O5. The van der Waals surface area contributed by atoms with E-state index in [9.17, 15) is 19.2 Å². The van der Waals surface area contributed by atoms with Crippen molar-refractivity contribution in [2.75, 3.05) is 6.54 Å². The summed E-state index contributed by atoms with van der Waals surface area (Å²) >= 11 is 0. The standard InChI is InChI=1S/C18H32N4O5/c1-11(2)10-14(15(19)23)22-17(25)13(8-5-9-20-18(26)27)21-16(24)12-6-3-4-7-12/h11-14,20H,3-10H2,1-2H3,(H2,19,23)(H,21,24)(H,22,25)(H,26,27)/t13-,14-/m0/s1. The molecule has 1 aliphatic carbocycles. The van der Waals surface area contributed by atoms with Crippen molar-refractivity contribution in [3.05, 3.63) is 0 Å². The van der Waals surface area contributed by atoms with Crippen LogP contribution in [-0.4, -0.2) is 47.5 Å². The minimum atomic E-state index is -1.14. The van der Waals surface area contributed by atoms with Crippen LogP contribution in [0.3, 0.4) is 0 Å². The molecule has 0 aromatic carbocycles. The average molecular weight is 384 g/mol. The molecule has 1 fully saturated rings. The van der Waals surface area contributed by atoms with Crippen molar-refractivity contribution in [1.29, 1.82) is 0 Å². The fourth-order valence-corrected chi connectivity index (χ4v) is 3.24. The van der Waals surface area contributed by atoms with Gasteiger partial charge >= 0.3 is 6.09 Å². The van der Waals surface area contributed by atoms with Crippen LogP contribution in [0.15, 0.2) is 0 Å². The van der Waals surface area contributed by atoms with E-state index in [1.807, 2.05) is 13.8 Å². The topological polar surface area (TPSA) is 151 Å². The molecule has 6 N–H and O–H groups in total. The fraction of sp³-hybridized carbons (Fsp3) is 0.778. The first-order valence-corrected chi connectivity index (χ1v) is 9.57. The van der Waals surface area contributed by atoms with Gasteiger partial charge in [0.25, 0.3) is 0 Å². The second-order valence-electron chi connectivity index (χ2n) is 7.51. The minimum Gasteiger partial charge on any atom is -0.465 e. The number of primary amides is 1. The SMILES string of the molecule is CC(C)C[C@H](NC(=O)[C@H](CCCNC(=O)O)NC(=O)C1CCCC1)C(N)=O. The molecular weight excluding hydrogens is 352 g/mol. The van der Waals surface area contributed by atoms with Gasteiger partial charge in [0.15, 0.2) is 0 Å². The van der Waals surface area contributed by atoms with Crippen LogP contribution in [0.5, 0.6) is 0 Å². The maximum atomic E-state index is 12.6. The monoisotopic (exact) mass is 384 g/mol. The Balaban J connectivity index is 2.70. The summed E-state index contributed by atoms with van der Waals surface area (Å²) in [5, 5.41) is 16.3. The third kappa shape index (κ3) is 8.74. The molecule has 0 heterocycles. The van der Waals surface area contributed by atoms with E-state index in [1.165, 1.54) is 0 Å². The quantitative estimate of drug-likeness (QED) is 0.333. The van der Waals surface area contributed by atoms with Gasteiger partial charge in [-0.2, -0.15) is 0 Å². The number of nitrogens with two attached hydrogens (primary N) is 1. The van der Waals surface area contributed by atoms with Crippen LogP contribution in [-0.2, 0) is 14.4 Å². The van der Waals surface area contributed by atoms with E-state index in [2.05, 4.69) is 16.0 Å². The van der Waals surface area contributed by atoms with Crippen LogP contribution in [0.25, 0.3) is 0 Å². The molecule has 0 aromatic rings. The first kappa shape index (κ1) is 22.7. The molecule has 0 saturated heterocycles. The molecule has 1 aliphatic rings. The molecule has 0 bridgehead atoms. The third-order valence-corrected chi connectivity index (χ3v) is 4.67. The lowest BCUT2D eigenvalue weighted by atomic mass is 10.0. The van der Waals surface area contributed by atoms with Gasteiger partial charge < -0.3 is 26.8 Å². The molecule has 0 spiro atoms. The van der Waals surface area contributed by atoms with Gasteiger partial charge in [0.05, 0.1) is 0 Å².